The lowest BCUT2D eigenvalue weighted by atomic mass is 10.1. The molecule has 0 aliphatic carbocycles. The molecule has 3 nitrogen and oxygen atoms in total. The zero-order chi connectivity index (χ0) is 13.7. The van der Waals surface area contributed by atoms with Crippen LogP contribution >= 0.6 is 0 Å². The molecule has 0 aliphatic rings. The number of halogens is 2. The number of nitrogens with two attached hydrogens (primary N) is 1. The van der Waals surface area contributed by atoms with Crippen molar-refractivity contribution in [3.05, 3.63) is 29.3 Å². The second-order valence-electron chi connectivity index (χ2n) is 4.29. The van der Waals surface area contributed by atoms with E-state index in [4.69, 9.17) is 5.73 Å². The summed E-state index contributed by atoms with van der Waals surface area (Å²) in [5.74, 6) is -2.11. The first-order chi connectivity index (χ1) is 8.47. The number of benzene rings is 1. The SMILES string of the molecule is CCCCCN(C)C(=O)c1cc(F)cc(N)c1F. The number of hydrogen-bond donors (Lipinski definition) is 1. The molecule has 1 aromatic rings. The summed E-state index contributed by atoms with van der Waals surface area (Å²) in [6, 6.07) is 1.74. The predicted octanol–water partition coefficient (Wildman–Crippen LogP) is 2.81. The standard InChI is InChI=1S/C13H18F2N2O/c1-3-4-5-6-17(2)13(18)10-7-9(14)8-11(16)12(10)15/h7-8H,3-6,16H2,1-2H3. The van der Waals surface area contributed by atoms with Gasteiger partial charge in [-0.05, 0) is 18.6 Å². The Morgan fingerprint density at radius 3 is 2.61 bits per heavy atom. The summed E-state index contributed by atoms with van der Waals surface area (Å²) in [6.07, 6.45) is 2.86. The van der Waals surface area contributed by atoms with Crippen LogP contribution in [0.2, 0.25) is 0 Å². The van der Waals surface area contributed by atoms with E-state index in [1.807, 2.05) is 0 Å². The Morgan fingerprint density at radius 2 is 2.00 bits per heavy atom. The molecule has 2 N–H and O–H groups in total. The van der Waals surface area contributed by atoms with Crippen molar-refractivity contribution in [3.63, 3.8) is 0 Å². The fraction of sp³-hybridized carbons (Fsp3) is 0.462. The van der Waals surface area contributed by atoms with Crippen LogP contribution < -0.4 is 5.73 Å². The fourth-order valence-electron chi connectivity index (χ4n) is 1.67. The molecule has 1 rings (SSSR count). The van der Waals surface area contributed by atoms with Gasteiger partial charge >= 0.3 is 0 Å². The van der Waals surface area contributed by atoms with Crippen molar-refractivity contribution in [2.45, 2.75) is 26.2 Å². The summed E-state index contributed by atoms with van der Waals surface area (Å²) >= 11 is 0. The van der Waals surface area contributed by atoms with Gasteiger partial charge in [0.2, 0.25) is 0 Å². The van der Waals surface area contributed by atoms with Crippen molar-refractivity contribution in [1.82, 2.24) is 4.90 Å². The lowest BCUT2D eigenvalue weighted by Crippen LogP contribution is -2.28. The maximum Gasteiger partial charge on any atom is 0.256 e. The van der Waals surface area contributed by atoms with E-state index in [-0.39, 0.29) is 11.3 Å². The minimum absolute atomic E-state index is 0.313. The summed E-state index contributed by atoms with van der Waals surface area (Å²) < 4.78 is 26.8. The molecule has 1 aromatic carbocycles. The Hall–Kier alpha value is -1.65. The first kappa shape index (κ1) is 14.4. The number of carbonyl (C=O) groups excluding carboxylic acids is 1. The molecule has 0 fully saturated rings. The molecule has 0 saturated heterocycles. The van der Waals surface area contributed by atoms with Crippen LogP contribution in [0.25, 0.3) is 0 Å². The van der Waals surface area contributed by atoms with E-state index in [0.29, 0.717) is 6.54 Å². The quantitative estimate of drug-likeness (QED) is 0.650. The van der Waals surface area contributed by atoms with Gasteiger partial charge in [-0.1, -0.05) is 19.8 Å². The van der Waals surface area contributed by atoms with E-state index in [1.54, 1.807) is 7.05 Å². The normalized spacial score (nSPS) is 10.4. The van der Waals surface area contributed by atoms with Gasteiger partial charge < -0.3 is 10.6 Å². The highest BCUT2D eigenvalue weighted by molar-refractivity contribution is 5.95. The second-order valence-corrected chi connectivity index (χ2v) is 4.29. The van der Waals surface area contributed by atoms with Gasteiger partial charge in [-0.25, -0.2) is 8.78 Å². The van der Waals surface area contributed by atoms with Crippen LogP contribution in [0, 0.1) is 11.6 Å². The number of rotatable bonds is 5. The van der Waals surface area contributed by atoms with Crippen LogP contribution in [0.3, 0.4) is 0 Å². The minimum Gasteiger partial charge on any atom is -0.396 e. The monoisotopic (exact) mass is 256 g/mol. The molecular formula is C13H18F2N2O. The van der Waals surface area contributed by atoms with Gasteiger partial charge in [-0.3, -0.25) is 4.79 Å². The zero-order valence-corrected chi connectivity index (χ0v) is 10.7. The van der Waals surface area contributed by atoms with Crippen molar-refractivity contribution >= 4 is 11.6 Å². The van der Waals surface area contributed by atoms with Crippen molar-refractivity contribution in [3.8, 4) is 0 Å². The van der Waals surface area contributed by atoms with Gasteiger partial charge in [0.15, 0.2) is 5.82 Å². The van der Waals surface area contributed by atoms with Gasteiger partial charge in [0.1, 0.15) is 5.82 Å². The fourth-order valence-corrected chi connectivity index (χ4v) is 1.67. The molecular weight excluding hydrogens is 238 g/mol. The van der Waals surface area contributed by atoms with Gasteiger partial charge in [-0.2, -0.15) is 0 Å². The predicted molar refractivity (Wildman–Crippen MR) is 67.3 cm³/mol. The third-order valence-corrected chi connectivity index (χ3v) is 2.74. The number of amides is 1. The van der Waals surface area contributed by atoms with Gasteiger partial charge in [0, 0.05) is 13.6 Å². The Morgan fingerprint density at radius 1 is 1.33 bits per heavy atom. The highest BCUT2D eigenvalue weighted by atomic mass is 19.1. The Labute approximate surface area is 106 Å². The van der Waals surface area contributed by atoms with Gasteiger partial charge in [-0.15, -0.1) is 0 Å². The summed E-state index contributed by atoms with van der Waals surface area (Å²) in [5.41, 5.74) is 4.63. The van der Waals surface area contributed by atoms with Crippen LogP contribution in [0.4, 0.5) is 14.5 Å². The lowest BCUT2D eigenvalue weighted by Gasteiger charge is -2.17. The third kappa shape index (κ3) is 3.42. The first-order valence-corrected chi connectivity index (χ1v) is 5.97. The van der Waals surface area contributed by atoms with E-state index in [0.717, 1.165) is 31.4 Å². The molecule has 0 unspecified atom stereocenters. The lowest BCUT2D eigenvalue weighted by molar-refractivity contribution is 0.0787. The third-order valence-electron chi connectivity index (χ3n) is 2.74. The molecule has 0 atom stereocenters. The molecule has 0 bridgehead atoms. The summed E-state index contributed by atoms with van der Waals surface area (Å²) in [6.45, 7) is 2.57. The smallest absolute Gasteiger partial charge is 0.256 e. The van der Waals surface area contributed by atoms with Crippen molar-refractivity contribution in [2.24, 2.45) is 0 Å². The summed E-state index contributed by atoms with van der Waals surface area (Å²) in [4.78, 5) is 13.3. The Kier molecular flexibility index (Phi) is 5.07. The molecule has 100 valence electrons. The van der Waals surface area contributed by atoms with Crippen LogP contribution in [0.1, 0.15) is 36.5 Å². The number of nitrogen functional groups attached to an aromatic ring is 1. The molecule has 0 spiro atoms. The Bertz CT molecular complexity index is 435. The maximum atomic E-state index is 13.6. The first-order valence-electron chi connectivity index (χ1n) is 5.97. The van der Waals surface area contributed by atoms with E-state index in [9.17, 15) is 13.6 Å². The summed E-state index contributed by atoms with van der Waals surface area (Å²) in [5, 5.41) is 0. The topological polar surface area (TPSA) is 46.3 Å². The largest absolute Gasteiger partial charge is 0.396 e. The zero-order valence-electron chi connectivity index (χ0n) is 10.7. The van der Waals surface area contributed by atoms with E-state index < -0.39 is 17.5 Å². The molecule has 5 heteroatoms. The highest BCUT2D eigenvalue weighted by Crippen LogP contribution is 2.18. The van der Waals surface area contributed by atoms with Gasteiger partial charge in [0.25, 0.3) is 5.91 Å². The van der Waals surface area contributed by atoms with Crippen molar-refractivity contribution < 1.29 is 13.6 Å². The van der Waals surface area contributed by atoms with Crippen molar-refractivity contribution in [1.29, 1.82) is 0 Å². The maximum absolute atomic E-state index is 13.6. The van der Waals surface area contributed by atoms with Crippen LogP contribution in [-0.2, 0) is 0 Å². The number of nitrogens with zero attached hydrogens (tertiary/aromatic N) is 1. The van der Waals surface area contributed by atoms with Gasteiger partial charge in [0.05, 0.1) is 11.3 Å². The molecule has 0 heterocycles. The number of unbranched alkanes of at least 4 members (excludes halogenated alkanes) is 2. The van der Waals surface area contributed by atoms with E-state index >= 15 is 0 Å². The van der Waals surface area contributed by atoms with Crippen molar-refractivity contribution in [2.75, 3.05) is 19.3 Å². The molecule has 18 heavy (non-hydrogen) atoms. The molecule has 0 aliphatic heterocycles. The number of carbonyl (C=O) groups is 1. The molecule has 0 radical (unpaired) electrons. The number of anilines is 1. The van der Waals surface area contributed by atoms with Crippen LogP contribution in [0.5, 0.6) is 0 Å². The van der Waals surface area contributed by atoms with E-state index in [1.165, 1.54) is 4.90 Å². The summed E-state index contributed by atoms with van der Waals surface area (Å²) in [7, 11) is 1.57. The average molecular weight is 256 g/mol. The Balaban J connectivity index is 2.83. The molecule has 1 amide bonds. The van der Waals surface area contributed by atoms with Crippen LogP contribution in [0.15, 0.2) is 12.1 Å². The highest BCUT2D eigenvalue weighted by Gasteiger charge is 2.19. The van der Waals surface area contributed by atoms with E-state index in [2.05, 4.69) is 6.92 Å². The molecule has 0 saturated carbocycles. The number of hydrogen-bond acceptors (Lipinski definition) is 2. The average Bonchev–Trinajstić information content (AvgIpc) is 2.33. The van der Waals surface area contributed by atoms with Crippen LogP contribution in [-0.4, -0.2) is 24.4 Å². The second kappa shape index (κ2) is 6.33. The minimum atomic E-state index is -0.858. The molecule has 0 aromatic heterocycles.